The molecule has 8 heteroatoms. The fourth-order valence-electron chi connectivity index (χ4n) is 2.45. The highest BCUT2D eigenvalue weighted by Gasteiger charge is 2.27. The number of ether oxygens (including phenoxy) is 2. The number of aromatic nitrogens is 1. The molecule has 1 aromatic heterocycles. The quantitative estimate of drug-likeness (QED) is 0.756. The van der Waals surface area contributed by atoms with Crippen LogP contribution in [0.15, 0.2) is 47.8 Å². The van der Waals surface area contributed by atoms with Crippen molar-refractivity contribution in [2.45, 2.75) is 6.10 Å². The van der Waals surface area contributed by atoms with Crippen molar-refractivity contribution in [1.29, 1.82) is 0 Å². The number of para-hydroxylation sites is 2. The standard InChI is InChI=1S/C18H12F2N2O3S/c19-11-6-5-10(7-12(11)20)13-9-26-18(21-13)22-17(23)16-8-24-14-3-1-2-4-15(14)25-16/h1-7,9,16H,8H2,(H,21,22,23)/t16-/m0/s1. The molecular formula is C18H12F2N2O3S. The van der Waals surface area contributed by atoms with Gasteiger partial charge in [-0.15, -0.1) is 11.3 Å². The summed E-state index contributed by atoms with van der Waals surface area (Å²) >= 11 is 1.18. The number of halogens is 2. The fourth-order valence-corrected chi connectivity index (χ4v) is 3.18. The number of hydrogen-bond acceptors (Lipinski definition) is 5. The molecule has 132 valence electrons. The van der Waals surface area contributed by atoms with Crippen molar-refractivity contribution in [3.63, 3.8) is 0 Å². The highest BCUT2D eigenvalue weighted by molar-refractivity contribution is 7.14. The van der Waals surface area contributed by atoms with Crippen molar-refractivity contribution >= 4 is 22.4 Å². The smallest absolute Gasteiger partial charge is 0.270 e. The van der Waals surface area contributed by atoms with E-state index in [9.17, 15) is 13.6 Å². The molecule has 1 aliphatic heterocycles. The molecule has 0 unspecified atom stereocenters. The maximum absolute atomic E-state index is 13.3. The van der Waals surface area contributed by atoms with Crippen LogP contribution in [0.1, 0.15) is 0 Å². The summed E-state index contributed by atoms with van der Waals surface area (Å²) in [6, 6.07) is 10.6. The Kier molecular flexibility index (Phi) is 4.26. The van der Waals surface area contributed by atoms with Gasteiger partial charge in [0.25, 0.3) is 5.91 Å². The number of amides is 1. The predicted octanol–water partition coefficient (Wildman–Crippen LogP) is 3.87. The number of thiazole rings is 1. The first-order valence-corrected chi connectivity index (χ1v) is 8.58. The van der Waals surface area contributed by atoms with Gasteiger partial charge in [-0.05, 0) is 30.3 Å². The van der Waals surface area contributed by atoms with Crippen LogP contribution in [-0.4, -0.2) is 23.6 Å². The molecule has 4 rings (SSSR count). The first kappa shape index (κ1) is 16.5. The molecule has 0 spiro atoms. The minimum Gasteiger partial charge on any atom is -0.485 e. The third-order valence-electron chi connectivity index (χ3n) is 3.75. The van der Waals surface area contributed by atoms with E-state index in [1.54, 1.807) is 23.6 Å². The van der Waals surface area contributed by atoms with Crippen molar-refractivity contribution < 1.29 is 23.0 Å². The average Bonchev–Trinajstić information content (AvgIpc) is 3.12. The zero-order valence-corrected chi connectivity index (χ0v) is 14.1. The molecular weight excluding hydrogens is 362 g/mol. The Morgan fingerprint density at radius 2 is 1.96 bits per heavy atom. The van der Waals surface area contributed by atoms with Crippen LogP contribution < -0.4 is 14.8 Å². The molecule has 0 aliphatic carbocycles. The van der Waals surface area contributed by atoms with Gasteiger partial charge in [-0.2, -0.15) is 0 Å². The van der Waals surface area contributed by atoms with Gasteiger partial charge in [-0.3, -0.25) is 10.1 Å². The lowest BCUT2D eigenvalue weighted by Crippen LogP contribution is -2.40. The average molecular weight is 374 g/mol. The lowest BCUT2D eigenvalue weighted by atomic mass is 10.2. The minimum atomic E-state index is -0.951. The molecule has 0 radical (unpaired) electrons. The second-order valence-electron chi connectivity index (χ2n) is 5.52. The van der Waals surface area contributed by atoms with Crippen molar-refractivity contribution in [3.05, 3.63) is 59.5 Å². The molecule has 3 aromatic rings. The molecule has 5 nitrogen and oxygen atoms in total. The molecule has 2 heterocycles. The van der Waals surface area contributed by atoms with Crippen molar-refractivity contribution in [1.82, 2.24) is 4.98 Å². The van der Waals surface area contributed by atoms with Gasteiger partial charge in [0, 0.05) is 10.9 Å². The lowest BCUT2D eigenvalue weighted by Gasteiger charge is -2.25. The van der Waals surface area contributed by atoms with Gasteiger partial charge >= 0.3 is 0 Å². The molecule has 1 atom stereocenters. The Hall–Kier alpha value is -3.00. The van der Waals surface area contributed by atoms with Crippen LogP contribution in [0.4, 0.5) is 13.9 Å². The Morgan fingerprint density at radius 3 is 2.77 bits per heavy atom. The summed E-state index contributed by atoms with van der Waals surface area (Å²) in [6.45, 7) is 0.0876. The van der Waals surface area contributed by atoms with Gasteiger partial charge in [0.05, 0.1) is 5.69 Å². The van der Waals surface area contributed by atoms with Crippen LogP contribution in [0, 0.1) is 11.6 Å². The monoisotopic (exact) mass is 374 g/mol. The van der Waals surface area contributed by atoms with Crippen LogP contribution in [0.25, 0.3) is 11.3 Å². The molecule has 0 fully saturated rings. The van der Waals surface area contributed by atoms with E-state index < -0.39 is 23.6 Å². The molecule has 0 saturated heterocycles. The molecule has 1 amide bonds. The number of nitrogens with zero attached hydrogens (tertiary/aromatic N) is 1. The maximum Gasteiger partial charge on any atom is 0.270 e. The summed E-state index contributed by atoms with van der Waals surface area (Å²) in [6.07, 6.45) is -0.805. The van der Waals surface area contributed by atoms with E-state index >= 15 is 0 Å². The van der Waals surface area contributed by atoms with Gasteiger partial charge in [-0.25, -0.2) is 13.8 Å². The van der Waals surface area contributed by atoms with Gasteiger partial charge in [0.1, 0.15) is 6.61 Å². The van der Waals surface area contributed by atoms with Crippen LogP contribution in [0.5, 0.6) is 11.5 Å². The van der Waals surface area contributed by atoms with E-state index in [0.717, 1.165) is 12.1 Å². The summed E-state index contributed by atoms with van der Waals surface area (Å²) in [5, 5.41) is 4.63. The third-order valence-corrected chi connectivity index (χ3v) is 4.51. The predicted molar refractivity (Wildman–Crippen MR) is 92.4 cm³/mol. The highest BCUT2D eigenvalue weighted by Crippen LogP contribution is 2.31. The summed E-state index contributed by atoms with van der Waals surface area (Å²) in [5.74, 6) is -1.18. The number of rotatable bonds is 3. The Morgan fingerprint density at radius 1 is 1.15 bits per heavy atom. The van der Waals surface area contributed by atoms with Crippen molar-refractivity contribution in [2.24, 2.45) is 0 Å². The number of carbonyl (C=O) groups is 1. The summed E-state index contributed by atoms with van der Waals surface area (Å²) < 4.78 is 37.5. The molecule has 1 N–H and O–H groups in total. The second-order valence-corrected chi connectivity index (χ2v) is 6.38. The van der Waals surface area contributed by atoms with Crippen molar-refractivity contribution in [2.75, 3.05) is 11.9 Å². The fraction of sp³-hybridized carbons (Fsp3) is 0.111. The van der Waals surface area contributed by atoms with Crippen molar-refractivity contribution in [3.8, 4) is 22.8 Å². The lowest BCUT2D eigenvalue weighted by molar-refractivity contribution is -0.125. The van der Waals surface area contributed by atoms with Gasteiger partial charge < -0.3 is 9.47 Å². The third kappa shape index (κ3) is 3.23. The van der Waals surface area contributed by atoms with E-state index in [1.165, 1.54) is 17.4 Å². The summed E-state index contributed by atoms with van der Waals surface area (Å²) in [7, 11) is 0. The summed E-state index contributed by atoms with van der Waals surface area (Å²) in [5.41, 5.74) is 0.863. The summed E-state index contributed by atoms with van der Waals surface area (Å²) in [4.78, 5) is 16.6. The zero-order chi connectivity index (χ0) is 18.1. The topological polar surface area (TPSA) is 60.5 Å². The van der Waals surface area contributed by atoms with Crippen LogP contribution in [-0.2, 0) is 4.79 Å². The Bertz CT molecular complexity index is 977. The number of fused-ring (bicyclic) bond motifs is 1. The Labute approximate surface area is 151 Å². The number of hydrogen-bond donors (Lipinski definition) is 1. The number of anilines is 1. The normalized spacial score (nSPS) is 15.5. The van der Waals surface area contributed by atoms with E-state index in [2.05, 4.69) is 10.3 Å². The number of benzene rings is 2. The zero-order valence-electron chi connectivity index (χ0n) is 13.2. The maximum atomic E-state index is 13.3. The molecule has 2 aromatic carbocycles. The minimum absolute atomic E-state index is 0.0876. The van der Waals surface area contributed by atoms with Gasteiger partial charge in [0.2, 0.25) is 6.10 Å². The number of nitrogens with one attached hydrogen (secondary N) is 1. The molecule has 1 aliphatic rings. The molecule has 0 bridgehead atoms. The number of carbonyl (C=O) groups excluding carboxylic acids is 1. The first-order valence-electron chi connectivity index (χ1n) is 7.70. The van der Waals surface area contributed by atoms with Crippen LogP contribution in [0.3, 0.4) is 0 Å². The molecule has 26 heavy (non-hydrogen) atoms. The SMILES string of the molecule is O=C(Nc1nc(-c2ccc(F)c(F)c2)cs1)[C@@H]1COc2ccccc2O1. The highest BCUT2D eigenvalue weighted by atomic mass is 32.1. The van der Waals surface area contributed by atoms with E-state index in [1.807, 2.05) is 6.07 Å². The van der Waals surface area contributed by atoms with Gasteiger partial charge in [-0.1, -0.05) is 12.1 Å². The van der Waals surface area contributed by atoms with E-state index in [-0.39, 0.29) is 6.61 Å². The first-order chi connectivity index (χ1) is 12.6. The van der Waals surface area contributed by atoms with Crippen LogP contribution in [0.2, 0.25) is 0 Å². The van der Waals surface area contributed by atoms with Gasteiger partial charge in [0.15, 0.2) is 28.3 Å². The van der Waals surface area contributed by atoms with E-state index in [0.29, 0.717) is 27.9 Å². The molecule has 0 saturated carbocycles. The van der Waals surface area contributed by atoms with E-state index in [4.69, 9.17) is 9.47 Å². The second kappa shape index (κ2) is 6.72. The van der Waals surface area contributed by atoms with Crippen LogP contribution >= 0.6 is 11.3 Å². The largest absolute Gasteiger partial charge is 0.485 e. The Balaban J connectivity index is 1.46.